The molecular weight excluding hydrogens is 232 g/mol. The van der Waals surface area contributed by atoms with Gasteiger partial charge in [-0.2, -0.15) is 0 Å². The Balaban J connectivity index is 2.57. The van der Waals surface area contributed by atoms with Crippen molar-refractivity contribution in [3.63, 3.8) is 0 Å². The zero-order valence-corrected chi connectivity index (χ0v) is 10.7. The molecule has 0 fully saturated rings. The lowest BCUT2D eigenvalue weighted by Crippen LogP contribution is -2.09. The van der Waals surface area contributed by atoms with Gasteiger partial charge in [0.2, 0.25) is 0 Å². The third kappa shape index (κ3) is 2.09. The van der Waals surface area contributed by atoms with Crippen LogP contribution in [0.15, 0.2) is 24.5 Å². The number of ether oxygens (including phenoxy) is 1. The van der Waals surface area contributed by atoms with Gasteiger partial charge in [-0.3, -0.25) is 4.98 Å². The Bertz CT molecular complexity index is 510. The minimum atomic E-state index is 0.657. The summed E-state index contributed by atoms with van der Waals surface area (Å²) < 4.78 is 5.42. The van der Waals surface area contributed by atoms with Gasteiger partial charge in [-0.05, 0) is 19.1 Å². The van der Waals surface area contributed by atoms with Crippen LogP contribution in [0.3, 0.4) is 0 Å². The van der Waals surface area contributed by atoms with E-state index in [2.05, 4.69) is 15.4 Å². The maximum absolute atomic E-state index is 5.42. The summed E-state index contributed by atoms with van der Waals surface area (Å²) >= 11 is 0. The van der Waals surface area contributed by atoms with E-state index in [4.69, 9.17) is 9.57 Å². The molecule has 0 aliphatic rings. The summed E-state index contributed by atoms with van der Waals surface area (Å²) in [6.45, 7) is 2.75. The van der Waals surface area contributed by atoms with Crippen molar-refractivity contribution in [3.8, 4) is 17.0 Å². The molecule has 18 heavy (non-hydrogen) atoms. The van der Waals surface area contributed by atoms with Gasteiger partial charge in [0.1, 0.15) is 7.11 Å². The molecular formula is C12H16N4O2. The third-order valence-electron chi connectivity index (χ3n) is 2.49. The van der Waals surface area contributed by atoms with Gasteiger partial charge in [0, 0.05) is 24.5 Å². The quantitative estimate of drug-likeness (QED) is 0.867. The van der Waals surface area contributed by atoms with Crippen LogP contribution in [0.1, 0.15) is 6.92 Å². The van der Waals surface area contributed by atoms with E-state index in [0.29, 0.717) is 11.6 Å². The SMILES string of the molecule is CCNc1nn(OC)c(-c2ccncc2)c1OC. The average Bonchev–Trinajstić information content (AvgIpc) is 2.78. The molecule has 6 nitrogen and oxygen atoms in total. The maximum atomic E-state index is 5.42. The Morgan fingerprint density at radius 2 is 2.00 bits per heavy atom. The first kappa shape index (κ1) is 12.2. The van der Waals surface area contributed by atoms with Crippen molar-refractivity contribution in [1.82, 2.24) is 14.9 Å². The molecule has 0 aliphatic carbocycles. The summed E-state index contributed by atoms with van der Waals surface area (Å²) in [4.78, 5) is 10.7. The normalized spacial score (nSPS) is 10.2. The minimum Gasteiger partial charge on any atom is -0.491 e. The highest BCUT2D eigenvalue weighted by atomic mass is 16.7. The summed E-state index contributed by atoms with van der Waals surface area (Å²) in [6.07, 6.45) is 3.43. The second kappa shape index (κ2) is 5.39. The number of pyridine rings is 1. The van der Waals surface area contributed by atoms with E-state index in [0.717, 1.165) is 17.8 Å². The number of nitrogens with zero attached hydrogens (tertiary/aromatic N) is 3. The molecule has 0 atom stereocenters. The first-order chi connectivity index (χ1) is 8.81. The van der Waals surface area contributed by atoms with E-state index in [1.807, 2.05) is 19.1 Å². The van der Waals surface area contributed by atoms with Crippen molar-refractivity contribution < 1.29 is 9.57 Å². The second-order valence-corrected chi connectivity index (χ2v) is 3.55. The first-order valence-corrected chi connectivity index (χ1v) is 5.67. The van der Waals surface area contributed by atoms with Crippen LogP contribution in [-0.4, -0.2) is 35.7 Å². The molecule has 1 N–H and O–H groups in total. The van der Waals surface area contributed by atoms with Gasteiger partial charge in [0.05, 0.1) is 7.11 Å². The van der Waals surface area contributed by atoms with Crippen LogP contribution in [0.25, 0.3) is 11.3 Å². The minimum absolute atomic E-state index is 0.657. The molecule has 6 heteroatoms. The topological polar surface area (TPSA) is 61.2 Å². The van der Waals surface area contributed by atoms with Crippen LogP contribution in [0.4, 0.5) is 5.82 Å². The standard InChI is InChI=1S/C12H16N4O2/c1-4-14-12-11(17-2)10(16(15-12)18-3)9-5-7-13-8-6-9/h5-8H,4H2,1-3H3,(H,14,15). The van der Waals surface area contributed by atoms with Gasteiger partial charge < -0.3 is 14.9 Å². The lowest BCUT2D eigenvalue weighted by molar-refractivity contribution is 0.138. The molecule has 2 aromatic rings. The van der Waals surface area contributed by atoms with Gasteiger partial charge in [-0.1, -0.05) is 4.85 Å². The van der Waals surface area contributed by atoms with Gasteiger partial charge >= 0.3 is 0 Å². The van der Waals surface area contributed by atoms with Crippen molar-refractivity contribution in [1.29, 1.82) is 0 Å². The van der Waals surface area contributed by atoms with E-state index >= 15 is 0 Å². The summed E-state index contributed by atoms with van der Waals surface area (Å²) in [5.41, 5.74) is 1.69. The van der Waals surface area contributed by atoms with Crippen molar-refractivity contribution in [2.75, 3.05) is 26.1 Å². The molecule has 96 valence electrons. The summed E-state index contributed by atoms with van der Waals surface area (Å²) in [7, 11) is 3.18. The van der Waals surface area contributed by atoms with Crippen molar-refractivity contribution in [2.45, 2.75) is 6.92 Å². The highest BCUT2D eigenvalue weighted by Gasteiger charge is 2.20. The highest BCUT2D eigenvalue weighted by molar-refractivity contribution is 5.73. The predicted molar refractivity (Wildman–Crippen MR) is 68.7 cm³/mol. The van der Waals surface area contributed by atoms with Crippen molar-refractivity contribution in [3.05, 3.63) is 24.5 Å². The summed E-state index contributed by atoms with van der Waals surface area (Å²) in [6, 6.07) is 3.76. The molecule has 0 aromatic carbocycles. The number of nitrogens with one attached hydrogen (secondary N) is 1. The van der Waals surface area contributed by atoms with Gasteiger partial charge in [-0.25, -0.2) is 0 Å². The van der Waals surface area contributed by atoms with Crippen molar-refractivity contribution in [2.24, 2.45) is 0 Å². The average molecular weight is 248 g/mol. The van der Waals surface area contributed by atoms with Crippen molar-refractivity contribution >= 4 is 5.82 Å². The molecule has 2 aromatic heterocycles. The Morgan fingerprint density at radius 3 is 2.56 bits per heavy atom. The van der Waals surface area contributed by atoms with Crippen LogP contribution < -0.4 is 14.9 Å². The molecule has 0 saturated carbocycles. The Morgan fingerprint density at radius 1 is 1.28 bits per heavy atom. The second-order valence-electron chi connectivity index (χ2n) is 3.55. The van der Waals surface area contributed by atoms with Crippen LogP contribution in [-0.2, 0) is 0 Å². The lowest BCUT2D eigenvalue weighted by atomic mass is 10.2. The van der Waals surface area contributed by atoms with Crippen LogP contribution in [0, 0.1) is 0 Å². The third-order valence-corrected chi connectivity index (χ3v) is 2.49. The Labute approximate surface area is 106 Å². The van der Waals surface area contributed by atoms with E-state index in [1.54, 1.807) is 26.6 Å². The number of hydrogen-bond donors (Lipinski definition) is 1. The predicted octanol–water partition coefficient (Wildman–Crippen LogP) is 1.44. The number of methoxy groups -OCH3 is 1. The Hall–Kier alpha value is -2.24. The van der Waals surface area contributed by atoms with E-state index in [9.17, 15) is 0 Å². The van der Waals surface area contributed by atoms with E-state index in [-0.39, 0.29) is 0 Å². The molecule has 0 aliphatic heterocycles. The zero-order chi connectivity index (χ0) is 13.0. The molecule has 2 rings (SSSR count). The molecule has 0 unspecified atom stereocenters. The number of aromatic nitrogens is 3. The van der Waals surface area contributed by atoms with Crippen LogP contribution >= 0.6 is 0 Å². The molecule has 0 amide bonds. The molecule has 0 saturated heterocycles. The van der Waals surface area contributed by atoms with Gasteiger partial charge in [-0.15, -0.1) is 5.10 Å². The first-order valence-electron chi connectivity index (χ1n) is 5.67. The number of hydrogen-bond acceptors (Lipinski definition) is 5. The van der Waals surface area contributed by atoms with E-state index < -0.39 is 0 Å². The largest absolute Gasteiger partial charge is 0.491 e. The fourth-order valence-electron chi connectivity index (χ4n) is 1.75. The summed E-state index contributed by atoms with van der Waals surface area (Å²) in [5, 5.41) is 7.44. The smallest absolute Gasteiger partial charge is 0.194 e. The Kier molecular flexibility index (Phi) is 3.66. The highest BCUT2D eigenvalue weighted by Crippen LogP contribution is 2.35. The zero-order valence-electron chi connectivity index (χ0n) is 10.7. The number of rotatable bonds is 5. The molecule has 0 radical (unpaired) electrons. The van der Waals surface area contributed by atoms with Crippen LogP contribution in [0.5, 0.6) is 5.75 Å². The maximum Gasteiger partial charge on any atom is 0.194 e. The molecule has 0 spiro atoms. The molecule has 0 bridgehead atoms. The molecule has 2 heterocycles. The van der Waals surface area contributed by atoms with Gasteiger partial charge in [0.15, 0.2) is 17.3 Å². The monoisotopic (exact) mass is 248 g/mol. The van der Waals surface area contributed by atoms with E-state index in [1.165, 1.54) is 4.85 Å². The fraction of sp³-hybridized carbons (Fsp3) is 0.333. The fourth-order valence-corrected chi connectivity index (χ4v) is 1.75. The van der Waals surface area contributed by atoms with Crippen LogP contribution in [0.2, 0.25) is 0 Å². The van der Waals surface area contributed by atoms with Gasteiger partial charge in [0.25, 0.3) is 0 Å². The lowest BCUT2D eigenvalue weighted by Gasteiger charge is -2.06. The summed E-state index contributed by atoms with van der Waals surface area (Å²) in [5.74, 6) is 1.32. The number of anilines is 1.